The zero-order chi connectivity index (χ0) is 12.4. The van der Waals surface area contributed by atoms with Gasteiger partial charge in [-0.1, -0.05) is 6.92 Å². The van der Waals surface area contributed by atoms with Crippen LogP contribution in [0.15, 0.2) is 5.51 Å². The number of amides is 1. The Morgan fingerprint density at radius 3 is 3.00 bits per heavy atom. The van der Waals surface area contributed by atoms with Crippen LogP contribution in [0.25, 0.3) is 0 Å². The van der Waals surface area contributed by atoms with Gasteiger partial charge < -0.3 is 10.2 Å². The average Bonchev–Trinajstić information content (AvgIpc) is 2.88. The number of thiazole rings is 1. The normalized spacial score (nSPS) is 23.9. The SMILES string of the molecule is Cc1ncsc1CN(C)C(=O)C1NCCC1C. The summed E-state index contributed by atoms with van der Waals surface area (Å²) in [5.74, 6) is 0.635. The van der Waals surface area contributed by atoms with E-state index in [1.54, 1.807) is 16.2 Å². The van der Waals surface area contributed by atoms with Crippen molar-refractivity contribution in [2.75, 3.05) is 13.6 Å². The molecule has 1 N–H and O–H groups in total. The van der Waals surface area contributed by atoms with Gasteiger partial charge in [0.2, 0.25) is 5.91 Å². The summed E-state index contributed by atoms with van der Waals surface area (Å²) >= 11 is 1.61. The molecule has 1 fully saturated rings. The average molecular weight is 253 g/mol. The van der Waals surface area contributed by atoms with Crippen molar-refractivity contribution in [3.63, 3.8) is 0 Å². The van der Waals surface area contributed by atoms with E-state index < -0.39 is 0 Å². The molecule has 0 radical (unpaired) electrons. The van der Waals surface area contributed by atoms with Crippen LogP contribution >= 0.6 is 11.3 Å². The maximum Gasteiger partial charge on any atom is 0.240 e. The fourth-order valence-corrected chi connectivity index (χ4v) is 3.00. The van der Waals surface area contributed by atoms with Crippen molar-refractivity contribution in [3.8, 4) is 0 Å². The van der Waals surface area contributed by atoms with Crippen molar-refractivity contribution in [1.82, 2.24) is 15.2 Å². The molecule has 2 unspecified atom stereocenters. The summed E-state index contributed by atoms with van der Waals surface area (Å²) in [6, 6.07) is -0.00627. The lowest BCUT2D eigenvalue weighted by molar-refractivity contribution is -0.133. The van der Waals surface area contributed by atoms with E-state index in [0.29, 0.717) is 12.5 Å². The molecule has 1 aliphatic heterocycles. The Morgan fingerprint density at radius 2 is 2.47 bits per heavy atom. The highest BCUT2D eigenvalue weighted by atomic mass is 32.1. The van der Waals surface area contributed by atoms with E-state index in [4.69, 9.17) is 0 Å². The quantitative estimate of drug-likeness (QED) is 0.886. The van der Waals surface area contributed by atoms with E-state index in [2.05, 4.69) is 17.2 Å². The van der Waals surface area contributed by atoms with E-state index in [1.165, 1.54) is 4.88 Å². The van der Waals surface area contributed by atoms with Crippen molar-refractivity contribution in [3.05, 3.63) is 16.1 Å². The number of rotatable bonds is 3. The van der Waals surface area contributed by atoms with Crippen LogP contribution in [0, 0.1) is 12.8 Å². The molecule has 2 rings (SSSR count). The van der Waals surface area contributed by atoms with Crippen molar-refractivity contribution in [1.29, 1.82) is 0 Å². The highest BCUT2D eigenvalue weighted by molar-refractivity contribution is 7.09. The van der Waals surface area contributed by atoms with E-state index in [-0.39, 0.29) is 11.9 Å². The van der Waals surface area contributed by atoms with Crippen LogP contribution in [0.2, 0.25) is 0 Å². The Morgan fingerprint density at radius 1 is 1.71 bits per heavy atom. The van der Waals surface area contributed by atoms with Gasteiger partial charge in [0.1, 0.15) is 0 Å². The molecule has 0 saturated carbocycles. The minimum Gasteiger partial charge on any atom is -0.339 e. The molecular formula is C12H19N3OS. The second-order valence-electron chi connectivity index (χ2n) is 4.75. The number of nitrogens with one attached hydrogen (secondary N) is 1. The lowest BCUT2D eigenvalue weighted by Gasteiger charge is -2.23. The second-order valence-corrected chi connectivity index (χ2v) is 5.69. The first kappa shape index (κ1) is 12.5. The first-order chi connectivity index (χ1) is 8.09. The molecule has 0 aromatic carbocycles. The van der Waals surface area contributed by atoms with E-state index >= 15 is 0 Å². The number of carbonyl (C=O) groups excluding carboxylic acids is 1. The molecule has 0 spiro atoms. The molecule has 94 valence electrons. The highest BCUT2D eigenvalue weighted by Gasteiger charge is 2.31. The van der Waals surface area contributed by atoms with E-state index in [9.17, 15) is 4.79 Å². The van der Waals surface area contributed by atoms with E-state index in [0.717, 1.165) is 18.7 Å². The molecule has 1 aromatic heterocycles. The number of aromatic nitrogens is 1. The van der Waals surface area contributed by atoms with Crippen LogP contribution in [-0.2, 0) is 11.3 Å². The Labute approximate surface area is 106 Å². The number of nitrogens with zero attached hydrogens (tertiary/aromatic N) is 2. The zero-order valence-corrected chi connectivity index (χ0v) is 11.4. The van der Waals surface area contributed by atoms with Gasteiger partial charge in [-0.15, -0.1) is 11.3 Å². The van der Waals surface area contributed by atoms with Gasteiger partial charge in [-0.25, -0.2) is 4.98 Å². The molecule has 2 heterocycles. The minimum atomic E-state index is -0.00627. The zero-order valence-electron chi connectivity index (χ0n) is 10.6. The summed E-state index contributed by atoms with van der Waals surface area (Å²) < 4.78 is 0. The minimum absolute atomic E-state index is 0.00627. The Balaban J connectivity index is 1.98. The molecule has 4 nitrogen and oxygen atoms in total. The monoisotopic (exact) mass is 253 g/mol. The first-order valence-corrected chi connectivity index (χ1v) is 6.85. The van der Waals surface area contributed by atoms with Gasteiger partial charge in [-0.2, -0.15) is 0 Å². The third-order valence-corrected chi connectivity index (χ3v) is 4.32. The predicted molar refractivity (Wildman–Crippen MR) is 68.9 cm³/mol. The number of hydrogen-bond acceptors (Lipinski definition) is 4. The van der Waals surface area contributed by atoms with Crippen molar-refractivity contribution >= 4 is 17.2 Å². The van der Waals surface area contributed by atoms with Gasteiger partial charge in [0.15, 0.2) is 0 Å². The Hall–Kier alpha value is -0.940. The standard InChI is InChI=1S/C12H19N3OS/c1-8-4-5-13-11(8)12(16)15(3)6-10-9(2)14-7-17-10/h7-8,11,13H,4-6H2,1-3H3. The van der Waals surface area contributed by atoms with Crippen LogP contribution in [0.3, 0.4) is 0 Å². The molecule has 0 aliphatic carbocycles. The van der Waals surface area contributed by atoms with Crippen LogP contribution < -0.4 is 5.32 Å². The van der Waals surface area contributed by atoms with E-state index in [1.807, 2.05) is 19.5 Å². The number of aryl methyl sites for hydroxylation is 1. The third kappa shape index (κ3) is 2.66. The molecular weight excluding hydrogens is 234 g/mol. The summed E-state index contributed by atoms with van der Waals surface area (Å²) in [6.45, 7) is 5.74. The lowest BCUT2D eigenvalue weighted by Crippen LogP contribution is -2.43. The topological polar surface area (TPSA) is 45.2 Å². The summed E-state index contributed by atoms with van der Waals surface area (Å²) in [7, 11) is 1.87. The molecule has 1 aromatic rings. The Bertz CT molecular complexity index is 404. The molecule has 1 saturated heterocycles. The highest BCUT2D eigenvalue weighted by Crippen LogP contribution is 2.19. The molecule has 5 heteroatoms. The number of likely N-dealkylation sites (N-methyl/N-ethyl adjacent to an activating group) is 1. The maximum atomic E-state index is 12.2. The summed E-state index contributed by atoms with van der Waals surface area (Å²) in [4.78, 5) is 19.4. The molecule has 1 aliphatic rings. The first-order valence-electron chi connectivity index (χ1n) is 5.97. The second kappa shape index (κ2) is 5.14. The lowest BCUT2D eigenvalue weighted by atomic mass is 10.0. The largest absolute Gasteiger partial charge is 0.339 e. The number of carbonyl (C=O) groups is 1. The fraction of sp³-hybridized carbons (Fsp3) is 0.667. The third-order valence-electron chi connectivity index (χ3n) is 3.40. The van der Waals surface area contributed by atoms with Gasteiger partial charge >= 0.3 is 0 Å². The van der Waals surface area contributed by atoms with Gasteiger partial charge in [-0.3, -0.25) is 4.79 Å². The summed E-state index contributed by atoms with van der Waals surface area (Å²) in [5.41, 5.74) is 2.86. The van der Waals surface area contributed by atoms with Gasteiger partial charge in [0.25, 0.3) is 0 Å². The molecule has 0 bridgehead atoms. The van der Waals surface area contributed by atoms with Gasteiger partial charge in [0.05, 0.1) is 23.8 Å². The molecule has 2 atom stereocenters. The smallest absolute Gasteiger partial charge is 0.240 e. The van der Waals surface area contributed by atoms with Crippen molar-refractivity contribution in [2.24, 2.45) is 5.92 Å². The predicted octanol–water partition coefficient (Wildman–Crippen LogP) is 1.41. The fourth-order valence-electron chi connectivity index (χ4n) is 2.17. The number of hydrogen-bond donors (Lipinski definition) is 1. The molecule has 17 heavy (non-hydrogen) atoms. The van der Waals surface area contributed by atoms with Crippen molar-refractivity contribution in [2.45, 2.75) is 32.9 Å². The summed E-state index contributed by atoms with van der Waals surface area (Å²) in [6.07, 6.45) is 1.09. The van der Waals surface area contributed by atoms with Crippen LogP contribution in [0.1, 0.15) is 23.9 Å². The van der Waals surface area contributed by atoms with Crippen LogP contribution in [0.5, 0.6) is 0 Å². The van der Waals surface area contributed by atoms with Crippen LogP contribution in [0.4, 0.5) is 0 Å². The maximum absolute atomic E-state index is 12.2. The van der Waals surface area contributed by atoms with Crippen molar-refractivity contribution < 1.29 is 4.79 Å². The summed E-state index contributed by atoms with van der Waals surface area (Å²) in [5, 5.41) is 3.28. The van der Waals surface area contributed by atoms with Gasteiger partial charge in [-0.05, 0) is 25.8 Å². The molecule has 1 amide bonds. The van der Waals surface area contributed by atoms with Crippen LogP contribution in [-0.4, -0.2) is 35.4 Å². The van der Waals surface area contributed by atoms with Gasteiger partial charge in [0, 0.05) is 11.9 Å². The Kier molecular flexibility index (Phi) is 3.79.